The molecule has 372 valence electrons. The molecule has 0 saturated heterocycles. The van der Waals surface area contributed by atoms with E-state index in [2.05, 4.69) is 41.5 Å². The summed E-state index contributed by atoms with van der Waals surface area (Å²) in [5, 5.41) is 0. The van der Waals surface area contributed by atoms with Crippen molar-refractivity contribution in [1.29, 1.82) is 0 Å². The Morgan fingerprint density at radius 2 is 0.475 bits per heavy atom. The van der Waals surface area contributed by atoms with Gasteiger partial charge in [0.1, 0.15) is 22.8 Å². The van der Waals surface area contributed by atoms with Crippen LogP contribution >= 0.6 is 22.8 Å². The molecule has 0 aliphatic rings. The van der Waals surface area contributed by atoms with Crippen LogP contribution in [0.15, 0.2) is 0 Å². The van der Waals surface area contributed by atoms with E-state index in [0.717, 1.165) is 96.3 Å². The van der Waals surface area contributed by atoms with Crippen molar-refractivity contribution in [3.05, 3.63) is 0 Å². The van der Waals surface area contributed by atoms with E-state index in [4.69, 9.17) is 13.6 Å². The second-order valence-corrected chi connectivity index (χ2v) is 24.5. The molecule has 9 atom stereocenters. The zero-order valence-electron chi connectivity index (χ0n) is 42.0. The van der Waals surface area contributed by atoms with Gasteiger partial charge in [-0.2, -0.15) is 0 Å². The Hall–Kier alpha value is 0.956. The van der Waals surface area contributed by atoms with E-state index in [1.807, 2.05) is 20.8 Å². The quantitative estimate of drug-likeness (QED) is 0.0433. The van der Waals surface area contributed by atoms with Crippen LogP contribution in [0.2, 0.25) is 0 Å². The third kappa shape index (κ3) is 43.3. The van der Waals surface area contributed by atoms with Crippen LogP contribution in [-0.4, -0.2) is 35.3 Å². The Morgan fingerprint density at radius 1 is 0.311 bits per heavy atom. The first-order chi connectivity index (χ1) is 28.3. The van der Waals surface area contributed by atoms with E-state index in [0.29, 0.717) is 0 Å². The molecule has 0 radical (unpaired) electrons. The van der Waals surface area contributed by atoms with Gasteiger partial charge < -0.3 is 41.9 Å². The topological polar surface area (TPSA) is 148 Å². The maximum Gasteiger partial charge on any atom is 3.00 e. The van der Waals surface area contributed by atoms with Gasteiger partial charge in [0, 0.05) is 17.0 Å². The fourth-order valence-corrected chi connectivity index (χ4v) is 10.8. The second-order valence-electron chi connectivity index (χ2n) is 18.0. The first-order valence-corrected chi connectivity index (χ1v) is 30.1. The van der Waals surface area contributed by atoms with Gasteiger partial charge in [0.15, 0.2) is 0 Å². The minimum absolute atomic E-state index is 0. The first-order valence-electron chi connectivity index (χ1n) is 25.3. The summed E-state index contributed by atoms with van der Waals surface area (Å²) in [5.41, 5.74) is -1.05. The van der Waals surface area contributed by atoms with Crippen LogP contribution in [0.25, 0.3) is 0 Å². The van der Waals surface area contributed by atoms with E-state index in [1.54, 1.807) is 20.8 Å². The molecule has 0 N–H and O–H groups in total. The maximum absolute atomic E-state index is 12.1. The molecule has 0 aliphatic carbocycles. The fourth-order valence-electron chi connectivity index (χ4n) is 6.87. The normalized spacial score (nSPS) is 17.4. The van der Waals surface area contributed by atoms with Crippen LogP contribution in [0.1, 0.15) is 276 Å². The van der Waals surface area contributed by atoms with Crippen molar-refractivity contribution < 1.29 is 58.7 Å². The third-order valence-electron chi connectivity index (χ3n) is 11.4. The van der Waals surface area contributed by atoms with Crippen molar-refractivity contribution in [3.8, 4) is 0 Å². The van der Waals surface area contributed by atoms with Crippen molar-refractivity contribution in [2.24, 2.45) is 0 Å². The molecule has 0 aromatic rings. The first kappa shape index (κ1) is 68.5. The Bertz CT molecular complexity index is 941. The summed E-state index contributed by atoms with van der Waals surface area (Å²) in [6.07, 6.45) is 31.5. The van der Waals surface area contributed by atoms with Gasteiger partial charge in [0.2, 0.25) is 0 Å². The van der Waals surface area contributed by atoms with Crippen molar-refractivity contribution in [3.63, 3.8) is 0 Å². The molecule has 0 bridgehead atoms. The van der Waals surface area contributed by atoms with E-state index < -0.39 is 22.8 Å². The summed E-state index contributed by atoms with van der Waals surface area (Å²) >= 11 is 0. The molecule has 0 saturated carbocycles. The van der Waals surface area contributed by atoms with Gasteiger partial charge in [-0.1, -0.05) is 216 Å². The van der Waals surface area contributed by atoms with Crippen molar-refractivity contribution in [2.75, 3.05) is 0 Å². The summed E-state index contributed by atoms with van der Waals surface area (Å²) in [7, 11) is -11.1. The van der Waals surface area contributed by atoms with Crippen molar-refractivity contribution >= 4 is 22.8 Å². The minimum Gasteiger partial charge on any atom is -0.778 e. The monoisotopic (exact) mass is 975 g/mol. The molecule has 61 heavy (non-hydrogen) atoms. The van der Waals surface area contributed by atoms with Crippen molar-refractivity contribution in [2.45, 2.75) is 311 Å². The van der Waals surface area contributed by atoms with Gasteiger partial charge in [-0.15, -0.1) is 0 Å². The standard InChI is InChI=1S/3C16H35O3P.Co/c3*1-5-7-9-11-13-15(3)19-20(17,18)16(4)14-12-10-8-6-2;/h3*15-16H,5-14H2,1-4H3,(H,17,18);/q;;;+3/p-3. The second kappa shape index (κ2) is 44.8. The molecule has 0 amide bonds. The van der Waals surface area contributed by atoms with Crippen LogP contribution < -0.4 is 14.7 Å². The zero-order valence-corrected chi connectivity index (χ0v) is 45.8. The van der Waals surface area contributed by atoms with Gasteiger partial charge >= 0.3 is 16.8 Å². The SMILES string of the molecule is CCCCCCC(C)OP(=O)([O-])C(C)CCCCCC.CCCCCCC(C)OP(=O)([O-])C(C)CCCCCC.CCCCCCC(C)OP(=O)([O-])C(C)CCCCCC.[Co+3]. The number of hydrogen-bond donors (Lipinski definition) is 0. The third-order valence-corrected chi connectivity index (χ3v) is 17.4. The van der Waals surface area contributed by atoms with E-state index >= 15 is 0 Å². The van der Waals surface area contributed by atoms with Crippen LogP contribution in [0.4, 0.5) is 0 Å². The molecule has 0 spiro atoms. The number of unbranched alkanes of at least 4 members (excludes halogenated alkanes) is 18. The van der Waals surface area contributed by atoms with E-state index in [1.165, 1.54) is 96.3 Å². The van der Waals surface area contributed by atoms with Gasteiger partial charge in [0.05, 0.1) is 18.3 Å². The summed E-state index contributed by atoms with van der Waals surface area (Å²) in [6, 6.07) is 0. The maximum atomic E-state index is 12.1. The van der Waals surface area contributed by atoms with Crippen LogP contribution in [0, 0.1) is 0 Å². The predicted molar refractivity (Wildman–Crippen MR) is 255 cm³/mol. The molecular weight excluding hydrogens is 872 g/mol. The molecule has 0 fully saturated rings. The van der Waals surface area contributed by atoms with Gasteiger partial charge in [0.25, 0.3) is 0 Å². The van der Waals surface area contributed by atoms with Gasteiger partial charge in [-0.05, 0) is 59.3 Å². The summed E-state index contributed by atoms with van der Waals surface area (Å²) in [5.74, 6) is 0. The van der Waals surface area contributed by atoms with Crippen LogP contribution in [0.5, 0.6) is 0 Å². The fraction of sp³-hybridized carbons (Fsp3) is 1.00. The smallest absolute Gasteiger partial charge is 0.778 e. The predicted octanol–water partition coefficient (Wildman–Crippen LogP) is 15.8. The Morgan fingerprint density at radius 3 is 0.639 bits per heavy atom. The molecule has 13 heteroatoms. The molecular formula is C48H102CoO9P3. The molecule has 0 heterocycles. The Balaban J connectivity index is -0.000000396. The average Bonchev–Trinajstić information content (AvgIpc) is 3.18. The summed E-state index contributed by atoms with van der Waals surface area (Å²) < 4.78 is 52.3. The van der Waals surface area contributed by atoms with E-state index in [-0.39, 0.29) is 52.1 Å². The zero-order chi connectivity index (χ0) is 46.3. The number of rotatable bonds is 39. The molecule has 0 rings (SSSR count). The molecule has 9 nitrogen and oxygen atoms in total. The molecule has 9 unspecified atom stereocenters. The van der Waals surface area contributed by atoms with Gasteiger partial charge in [-0.3, -0.25) is 0 Å². The van der Waals surface area contributed by atoms with E-state index in [9.17, 15) is 28.4 Å². The van der Waals surface area contributed by atoms with Crippen LogP contribution in [0.3, 0.4) is 0 Å². The Labute approximate surface area is 390 Å². The summed E-state index contributed by atoms with van der Waals surface area (Å²) in [6.45, 7) is 24.0. The van der Waals surface area contributed by atoms with Gasteiger partial charge in [-0.25, -0.2) is 0 Å². The molecule has 0 aromatic heterocycles. The Kier molecular flexibility index (Phi) is 50.3. The average molecular weight is 975 g/mol. The molecule has 0 aromatic carbocycles. The number of hydrogen-bond acceptors (Lipinski definition) is 9. The van der Waals surface area contributed by atoms with Crippen molar-refractivity contribution in [1.82, 2.24) is 0 Å². The minimum atomic E-state index is -3.69. The van der Waals surface area contributed by atoms with Crippen LogP contribution in [-0.2, 0) is 44.0 Å². The summed E-state index contributed by atoms with van der Waals surface area (Å²) in [4.78, 5) is 36.3. The largest absolute Gasteiger partial charge is 3.00 e. The molecule has 0 aliphatic heterocycles.